The molecule has 0 saturated heterocycles. The molecule has 2 heterocycles. The first-order valence-corrected chi connectivity index (χ1v) is 8.42. The molecule has 0 amide bonds. The minimum Gasteiger partial charge on any atom is -0.340 e. The standard InChI is InChI=1S/C17H17Cl2NO/c1-9-7-14(21)15-16(19)12(18)8-11-10-5-3-2-4-6-13(10)20(9)17(11)15/h8-9H,2-7H2,1H3. The topological polar surface area (TPSA) is 22.0 Å². The van der Waals surface area contributed by atoms with Crippen LogP contribution >= 0.6 is 23.2 Å². The summed E-state index contributed by atoms with van der Waals surface area (Å²) in [6.45, 7) is 2.13. The number of nitrogens with zero attached hydrogens (tertiary/aromatic N) is 1. The molecule has 2 aliphatic rings. The molecule has 2 nitrogen and oxygen atoms in total. The third-order valence-corrected chi connectivity index (χ3v) is 5.73. The van der Waals surface area contributed by atoms with Gasteiger partial charge in [0.1, 0.15) is 0 Å². The van der Waals surface area contributed by atoms with E-state index in [1.54, 1.807) is 0 Å². The van der Waals surface area contributed by atoms with Crippen molar-refractivity contribution in [3.63, 3.8) is 0 Å². The lowest BCUT2D eigenvalue weighted by atomic mass is 9.97. The Morgan fingerprint density at radius 1 is 1.19 bits per heavy atom. The number of hydrogen-bond acceptors (Lipinski definition) is 1. The van der Waals surface area contributed by atoms with Crippen LogP contribution in [0.4, 0.5) is 0 Å². The zero-order valence-electron chi connectivity index (χ0n) is 12.0. The van der Waals surface area contributed by atoms with Crippen LogP contribution in [0.2, 0.25) is 10.0 Å². The van der Waals surface area contributed by atoms with Crippen molar-refractivity contribution in [1.29, 1.82) is 0 Å². The fourth-order valence-corrected chi connectivity index (χ4v) is 4.51. The SMILES string of the molecule is CC1CC(=O)c2c(Cl)c(Cl)cc3c4c(n1c23)CCCCC4. The van der Waals surface area contributed by atoms with E-state index in [9.17, 15) is 4.79 Å². The van der Waals surface area contributed by atoms with Crippen LogP contribution in [0.5, 0.6) is 0 Å². The Bertz CT molecular complexity index is 775. The highest BCUT2D eigenvalue weighted by atomic mass is 35.5. The van der Waals surface area contributed by atoms with E-state index in [-0.39, 0.29) is 11.8 Å². The Kier molecular flexibility index (Phi) is 3.09. The van der Waals surface area contributed by atoms with Crippen molar-refractivity contribution in [2.45, 2.75) is 51.5 Å². The fourth-order valence-electron chi connectivity index (χ4n) is 4.06. The average molecular weight is 322 g/mol. The van der Waals surface area contributed by atoms with Crippen LogP contribution < -0.4 is 0 Å². The molecular formula is C17H17Cl2NO. The number of halogens is 2. The number of aromatic nitrogens is 1. The van der Waals surface area contributed by atoms with Crippen LogP contribution in [0.3, 0.4) is 0 Å². The first kappa shape index (κ1) is 13.7. The van der Waals surface area contributed by atoms with Crippen LogP contribution in [0.1, 0.15) is 60.3 Å². The van der Waals surface area contributed by atoms with E-state index in [1.807, 2.05) is 6.07 Å². The number of hydrogen-bond donors (Lipinski definition) is 0. The molecule has 4 heteroatoms. The van der Waals surface area contributed by atoms with Crippen LogP contribution in [0.15, 0.2) is 6.07 Å². The van der Waals surface area contributed by atoms with Gasteiger partial charge in [-0.2, -0.15) is 0 Å². The van der Waals surface area contributed by atoms with Crippen molar-refractivity contribution in [2.24, 2.45) is 0 Å². The van der Waals surface area contributed by atoms with Gasteiger partial charge in [-0.05, 0) is 44.2 Å². The van der Waals surface area contributed by atoms with E-state index in [2.05, 4.69) is 11.5 Å². The molecule has 0 fully saturated rings. The highest BCUT2D eigenvalue weighted by Gasteiger charge is 2.32. The van der Waals surface area contributed by atoms with Crippen molar-refractivity contribution in [1.82, 2.24) is 4.57 Å². The molecule has 0 N–H and O–H groups in total. The summed E-state index contributed by atoms with van der Waals surface area (Å²) in [5.74, 6) is 0.125. The Labute approximate surface area is 134 Å². The molecule has 1 aromatic heterocycles. The molecule has 0 saturated carbocycles. The number of benzene rings is 1. The number of rotatable bonds is 0. The van der Waals surface area contributed by atoms with E-state index in [4.69, 9.17) is 23.2 Å². The number of ketones is 1. The summed E-state index contributed by atoms with van der Waals surface area (Å²) in [5, 5.41) is 2.08. The second kappa shape index (κ2) is 4.76. The Balaban J connectivity index is 2.18. The summed E-state index contributed by atoms with van der Waals surface area (Å²) >= 11 is 12.6. The largest absolute Gasteiger partial charge is 0.340 e. The molecule has 1 unspecified atom stereocenters. The maximum atomic E-state index is 12.5. The smallest absolute Gasteiger partial charge is 0.168 e. The zero-order chi connectivity index (χ0) is 14.7. The third kappa shape index (κ3) is 1.82. The van der Waals surface area contributed by atoms with Crippen molar-refractivity contribution in [3.8, 4) is 0 Å². The summed E-state index contributed by atoms with van der Waals surface area (Å²) in [6, 6.07) is 2.18. The highest BCUT2D eigenvalue weighted by molar-refractivity contribution is 6.45. The minimum atomic E-state index is 0.125. The minimum absolute atomic E-state index is 0.125. The van der Waals surface area contributed by atoms with Gasteiger partial charge in [-0.25, -0.2) is 0 Å². The van der Waals surface area contributed by atoms with Crippen LogP contribution in [-0.2, 0) is 12.8 Å². The second-order valence-electron chi connectivity index (χ2n) is 6.28. The molecule has 0 spiro atoms. The molecule has 1 aliphatic carbocycles. The van der Waals surface area contributed by atoms with Gasteiger partial charge in [0.15, 0.2) is 5.78 Å². The highest BCUT2D eigenvalue weighted by Crippen LogP contribution is 2.44. The van der Waals surface area contributed by atoms with Gasteiger partial charge in [-0.3, -0.25) is 4.79 Å². The second-order valence-corrected chi connectivity index (χ2v) is 7.06. The van der Waals surface area contributed by atoms with Gasteiger partial charge in [-0.1, -0.05) is 29.6 Å². The third-order valence-electron chi connectivity index (χ3n) is 4.94. The average Bonchev–Trinajstić information content (AvgIpc) is 2.61. The Morgan fingerprint density at radius 2 is 1.95 bits per heavy atom. The first-order chi connectivity index (χ1) is 10.1. The fraction of sp³-hybridized carbons (Fsp3) is 0.471. The molecule has 2 aromatic rings. The van der Waals surface area contributed by atoms with Crippen molar-refractivity contribution < 1.29 is 4.79 Å². The monoisotopic (exact) mass is 321 g/mol. The van der Waals surface area contributed by atoms with E-state index in [1.165, 1.54) is 30.5 Å². The lowest BCUT2D eigenvalue weighted by Crippen LogP contribution is -2.20. The van der Waals surface area contributed by atoms with Gasteiger partial charge in [0.05, 0.1) is 21.1 Å². The summed E-state index contributed by atoms with van der Waals surface area (Å²) in [5.41, 5.74) is 4.47. The molecular weight excluding hydrogens is 305 g/mol. The number of Topliss-reactive ketones (excluding diaryl/α,β-unsaturated/α-hetero) is 1. The molecule has 4 rings (SSSR count). The van der Waals surface area contributed by atoms with E-state index >= 15 is 0 Å². The van der Waals surface area contributed by atoms with Crippen LogP contribution in [0.25, 0.3) is 10.9 Å². The van der Waals surface area contributed by atoms with E-state index in [0.29, 0.717) is 22.0 Å². The van der Waals surface area contributed by atoms with Gasteiger partial charge in [0.2, 0.25) is 0 Å². The maximum Gasteiger partial charge on any atom is 0.168 e. The van der Waals surface area contributed by atoms with Crippen molar-refractivity contribution in [2.75, 3.05) is 0 Å². The van der Waals surface area contributed by atoms with Crippen LogP contribution in [-0.4, -0.2) is 10.4 Å². The number of carbonyl (C=O) groups is 1. The first-order valence-electron chi connectivity index (χ1n) is 7.66. The summed E-state index contributed by atoms with van der Waals surface area (Å²) in [6.07, 6.45) is 6.40. The predicted molar refractivity (Wildman–Crippen MR) is 86.9 cm³/mol. The maximum absolute atomic E-state index is 12.5. The lowest BCUT2D eigenvalue weighted by molar-refractivity contribution is 0.0961. The molecule has 0 bridgehead atoms. The Morgan fingerprint density at radius 3 is 2.76 bits per heavy atom. The van der Waals surface area contributed by atoms with E-state index < -0.39 is 0 Å². The summed E-state index contributed by atoms with van der Waals surface area (Å²) < 4.78 is 2.37. The van der Waals surface area contributed by atoms with Gasteiger partial charge in [0.25, 0.3) is 0 Å². The summed E-state index contributed by atoms with van der Waals surface area (Å²) in [4.78, 5) is 12.5. The summed E-state index contributed by atoms with van der Waals surface area (Å²) in [7, 11) is 0. The number of carbonyl (C=O) groups excluding carboxylic acids is 1. The van der Waals surface area contributed by atoms with Crippen molar-refractivity contribution >= 4 is 39.9 Å². The number of aryl methyl sites for hydroxylation is 1. The van der Waals surface area contributed by atoms with Crippen LogP contribution in [0, 0.1) is 0 Å². The van der Waals surface area contributed by atoms with E-state index in [0.717, 1.165) is 23.7 Å². The van der Waals surface area contributed by atoms with Gasteiger partial charge in [-0.15, -0.1) is 0 Å². The molecule has 1 atom stereocenters. The van der Waals surface area contributed by atoms with Gasteiger partial charge >= 0.3 is 0 Å². The molecule has 21 heavy (non-hydrogen) atoms. The van der Waals surface area contributed by atoms with Gasteiger partial charge < -0.3 is 4.57 Å². The van der Waals surface area contributed by atoms with Crippen molar-refractivity contribution in [3.05, 3.63) is 32.9 Å². The van der Waals surface area contributed by atoms with Gasteiger partial charge in [0, 0.05) is 23.5 Å². The normalized spacial score (nSPS) is 21.5. The lowest BCUT2D eigenvalue weighted by Gasteiger charge is -2.25. The molecule has 0 radical (unpaired) electrons. The zero-order valence-corrected chi connectivity index (χ0v) is 13.5. The predicted octanol–water partition coefficient (Wildman–Crippen LogP) is 5.36. The molecule has 110 valence electrons. The quantitative estimate of drug-likeness (QED) is 0.598. The molecule has 1 aromatic carbocycles. The number of fused-ring (bicyclic) bond motifs is 3. The molecule has 1 aliphatic heterocycles. The Hall–Kier alpha value is -0.990.